The first kappa shape index (κ1) is 19.1. The second-order valence-corrected chi connectivity index (χ2v) is 6.23. The van der Waals surface area contributed by atoms with Crippen LogP contribution in [0.2, 0.25) is 0 Å². The first-order valence-electron chi connectivity index (χ1n) is 9.28. The minimum absolute atomic E-state index is 0.216. The van der Waals surface area contributed by atoms with Gasteiger partial charge in [0.15, 0.2) is 0 Å². The van der Waals surface area contributed by atoms with Gasteiger partial charge in [-0.25, -0.2) is 0 Å². The summed E-state index contributed by atoms with van der Waals surface area (Å²) in [4.78, 5) is 19.1. The Morgan fingerprint density at radius 2 is 2.07 bits per heavy atom. The molecule has 0 bridgehead atoms. The molecule has 1 aliphatic heterocycles. The van der Waals surface area contributed by atoms with Crippen LogP contribution in [0.4, 0.5) is 11.4 Å². The molecule has 2 heterocycles. The maximum atomic E-state index is 12.6. The van der Waals surface area contributed by atoms with Gasteiger partial charge in [-0.2, -0.15) is 0 Å². The van der Waals surface area contributed by atoms with Gasteiger partial charge in [-0.3, -0.25) is 14.7 Å². The summed E-state index contributed by atoms with van der Waals surface area (Å²) in [5.74, 6) is 0.438. The van der Waals surface area contributed by atoms with Crippen LogP contribution >= 0.6 is 0 Å². The fraction of sp³-hybridized carbons (Fsp3) is 0.400. The van der Waals surface area contributed by atoms with Gasteiger partial charge in [0.1, 0.15) is 5.75 Å². The van der Waals surface area contributed by atoms with Crippen molar-refractivity contribution in [2.75, 3.05) is 56.6 Å². The standard InChI is InChI=1S/C20H26N4O3/c1-2-27-19-6-4-3-5-18(19)23-20(25)16-13-17(15-21-14-16)22-7-8-24-9-11-26-12-10-24/h3-6,13-15,22H,2,7-12H2,1H3,(H,23,25). The van der Waals surface area contributed by atoms with Gasteiger partial charge in [-0.05, 0) is 25.1 Å². The molecule has 0 unspecified atom stereocenters. The Balaban J connectivity index is 1.57. The molecule has 3 rings (SSSR count). The zero-order chi connectivity index (χ0) is 18.9. The van der Waals surface area contributed by atoms with E-state index in [4.69, 9.17) is 9.47 Å². The molecule has 1 aliphatic rings. The van der Waals surface area contributed by atoms with Gasteiger partial charge in [-0.1, -0.05) is 12.1 Å². The van der Waals surface area contributed by atoms with Crippen molar-refractivity contribution < 1.29 is 14.3 Å². The number of pyridine rings is 1. The van der Waals surface area contributed by atoms with E-state index in [1.165, 1.54) is 0 Å². The summed E-state index contributed by atoms with van der Waals surface area (Å²) >= 11 is 0. The summed E-state index contributed by atoms with van der Waals surface area (Å²) in [6.07, 6.45) is 3.29. The summed E-state index contributed by atoms with van der Waals surface area (Å²) in [6.45, 7) is 7.68. The van der Waals surface area contributed by atoms with Crippen LogP contribution in [0.5, 0.6) is 5.75 Å². The Morgan fingerprint density at radius 3 is 2.89 bits per heavy atom. The molecule has 7 nitrogen and oxygen atoms in total. The molecule has 1 aromatic heterocycles. The van der Waals surface area contributed by atoms with E-state index in [9.17, 15) is 4.79 Å². The normalized spacial score (nSPS) is 14.6. The number of anilines is 2. The molecule has 1 fully saturated rings. The average molecular weight is 370 g/mol. The molecule has 1 aromatic carbocycles. The van der Waals surface area contributed by atoms with E-state index in [0.29, 0.717) is 23.6 Å². The van der Waals surface area contributed by atoms with Gasteiger partial charge >= 0.3 is 0 Å². The van der Waals surface area contributed by atoms with E-state index in [1.54, 1.807) is 12.4 Å². The fourth-order valence-corrected chi connectivity index (χ4v) is 2.89. The Hall–Kier alpha value is -2.64. The Bertz CT molecular complexity index is 748. The zero-order valence-corrected chi connectivity index (χ0v) is 15.6. The monoisotopic (exact) mass is 370 g/mol. The highest BCUT2D eigenvalue weighted by atomic mass is 16.5. The molecule has 0 radical (unpaired) electrons. The number of carbonyl (C=O) groups is 1. The van der Waals surface area contributed by atoms with Crippen molar-refractivity contribution >= 4 is 17.3 Å². The molecule has 0 atom stereocenters. The molecule has 1 saturated heterocycles. The summed E-state index contributed by atoms with van der Waals surface area (Å²) in [5, 5.41) is 6.23. The number of nitrogens with zero attached hydrogens (tertiary/aromatic N) is 2. The summed E-state index contributed by atoms with van der Waals surface area (Å²) in [7, 11) is 0. The third-order valence-electron chi connectivity index (χ3n) is 4.30. The molecule has 7 heteroatoms. The van der Waals surface area contributed by atoms with Crippen LogP contribution in [0, 0.1) is 0 Å². The lowest BCUT2D eigenvalue weighted by atomic mass is 10.2. The lowest BCUT2D eigenvalue weighted by molar-refractivity contribution is 0.0398. The summed E-state index contributed by atoms with van der Waals surface area (Å²) in [6, 6.07) is 9.20. The van der Waals surface area contributed by atoms with Gasteiger partial charge in [0.2, 0.25) is 0 Å². The third kappa shape index (κ3) is 5.67. The predicted octanol–water partition coefficient (Wildman–Crippen LogP) is 2.48. The van der Waals surface area contributed by atoms with Gasteiger partial charge in [0.25, 0.3) is 5.91 Å². The number of benzene rings is 1. The second-order valence-electron chi connectivity index (χ2n) is 6.23. The number of para-hydroxylation sites is 2. The molecule has 1 amide bonds. The highest BCUT2D eigenvalue weighted by Gasteiger charge is 2.12. The largest absolute Gasteiger partial charge is 0.492 e. The van der Waals surface area contributed by atoms with E-state index >= 15 is 0 Å². The topological polar surface area (TPSA) is 75.7 Å². The van der Waals surface area contributed by atoms with Crippen molar-refractivity contribution in [3.8, 4) is 5.75 Å². The third-order valence-corrected chi connectivity index (χ3v) is 4.30. The van der Waals surface area contributed by atoms with Crippen LogP contribution in [0.1, 0.15) is 17.3 Å². The van der Waals surface area contributed by atoms with Crippen LogP contribution < -0.4 is 15.4 Å². The first-order valence-corrected chi connectivity index (χ1v) is 9.28. The van der Waals surface area contributed by atoms with Crippen LogP contribution in [0.15, 0.2) is 42.7 Å². The number of hydrogen-bond acceptors (Lipinski definition) is 6. The Kier molecular flexibility index (Phi) is 7.01. The molecule has 2 aromatic rings. The molecule has 0 saturated carbocycles. The lowest BCUT2D eigenvalue weighted by Crippen LogP contribution is -2.39. The lowest BCUT2D eigenvalue weighted by Gasteiger charge is -2.26. The highest BCUT2D eigenvalue weighted by molar-refractivity contribution is 6.05. The predicted molar refractivity (Wildman–Crippen MR) is 106 cm³/mol. The van der Waals surface area contributed by atoms with Crippen LogP contribution in [-0.2, 0) is 4.74 Å². The second kappa shape index (κ2) is 9.89. The molecule has 0 aliphatic carbocycles. The number of morpholine rings is 1. The molecule has 144 valence electrons. The minimum Gasteiger partial charge on any atom is -0.492 e. The molecule has 2 N–H and O–H groups in total. The number of nitrogens with one attached hydrogen (secondary N) is 2. The number of carbonyl (C=O) groups excluding carboxylic acids is 1. The molecular formula is C20H26N4O3. The van der Waals surface area contributed by atoms with Crippen molar-refractivity contribution in [1.29, 1.82) is 0 Å². The molecular weight excluding hydrogens is 344 g/mol. The quantitative estimate of drug-likeness (QED) is 0.744. The Morgan fingerprint density at radius 1 is 1.26 bits per heavy atom. The average Bonchev–Trinajstić information content (AvgIpc) is 2.71. The van der Waals surface area contributed by atoms with Crippen molar-refractivity contribution in [3.05, 3.63) is 48.3 Å². The number of hydrogen-bond donors (Lipinski definition) is 2. The van der Waals surface area contributed by atoms with Crippen LogP contribution in [-0.4, -0.2) is 61.8 Å². The molecule has 0 spiro atoms. The van der Waals surface area contributed by atoms with Crippen LogP contribution in [0.25, 0.3) is 0 Å². The van der Waals surface area contributed by atoms with Crippen molar-refractivity contribution in [2.24, 2.45) is 0 Å². The van der Waals surface area contributed by atoms with Crippen molar-refractivity contribution in [1.82, 2.24) is 9.88 Å². The van der Waals surface area contributed by atoms with E-state index in [1.807, 2.05) is 37.3 Å². The van der Waals surface area contributed by atoms with E-state index < -0.39 is 0 Å². The minimum atomic E-state index is -0.216. The maximum absolute atomic E-state index is 12.6. The number of aromatic nitrogens is 1. The van der Waals surface area contributed by atoms with E-state index in [2.05, 4.69) is 20.5 Å². The fourth-order valence-electron chi connectivity index (χ4n) is 2.89. The SMILES string of the molecule is CCOc1ccccc1NC(=O)c1cncc(NCCN2CCOCC2)c1. The number of amides is 1. The van der Waals surface area contributed by atoms with Gasteiger partial charge in [0.05, 0.1) is 36.8 Å². The molecule has 27 heavy (non-hydrogen) atoms. The van der Waals surface area contributed by atoms with Crippen molar-refractivity contribution in [2.45, 2.75) is 6.92 Å². The highest BCUT2D eigenvalue weighted by Crippen LogP contribution is 2.24. The summed E-state index contributed by atoms with van der Waals surface area (Å²) < 4.78 is 10.9. The van der Waals surface area contributed by atoms with Gasteiger partial charge in [0, 0.05) is 38.6 Å². The zero-order valence-electron chi connectivity index (χ0n) is 15.6. The van der Waals surface area contributed by atoms with E-state index in [-0.39, 0.29) is 5.91 Å². The maximum Gasteiger partial charge on any atom is 0.257 e. The number of ether oxygens (including phenoxy) is 2. The number of rotatable bonds is 8. The first-order chi connectivity index (χ1) is 13.3. The van der Waals surface area contributed by atoms with Crippen LogP contribution in [0.3, 0.4) is 0 Å². The summed E-state index contributed by atoms with van der Waals surface area (Å²) in [5.41, 5.74) is 1.97. The van der Waals surface area contributed by atoms with Gasteiger partial charge in [-0.15, -0.1) is 0 Å². The van der Waals surface area contributed by atoms with E-state index in [0.717, 1.165) is 45.1 Å². The van der Waals surface area contributed by atoms with Crippen molar-refractivity contribution in [3.63, 3.8) is 0 Å². The van der Waals surface area contributed by atoms with Gasteiger partial charge < -0.3 is 20.1 Å². The smallest absolute Gasteiger partial charge is 0.257 e. The Labute approximate surface area is 159 Å².